The first-order chi connectivity index (χ1) is 18.4. The molecular weight excluding hydrogens is 505 g/mol. The van der Waals surface area contributed by atoms with E-state index in [1.165, 1.54) is 29.2 Å². The van der Waals surface area contributed by atoms with Gasteiger partial charge < -0.3 is 24.8 Å². The van der Waals surface area contributed by atoms with Gasteiger partial charge in [-0.05, 0) is 87.2 Å². The molecule has 204 valence electrons. The highest BCUT2D eigenvalue weighted by Crippen LogP contribution is 2.28. The minimum Gasteiger partial charge on any atom is -0.494 e. The number of benzene rings is 2. The van der Waals surface area contributed by atoms with E-state index in [9.17, 15) is 14.0 Å². The van der Waals surface area contributed by atoms with Crippen molar-refractivity contribution in [2.45, 2.75) is 32.2 Å². The normalized spacial score (nSPS) is 18.8. The van der Waals surface area contributed by atoms with Crippen LogP contribution in [0.15, 0.2) is 48.5 Å². The van der Waals surface area contributed by atoms with Gasteiger partial charge in [0.25, 0.3) is 5.91 Å². The molecule has 0 radical (unpaired) electrons. The van der Waals surface area contributed by atoms with Gasteiger partial charge in [-0.2, -0.15) is 0 Å². The van der Waals surface area contributed by atoms with E-state index in [-0.39, 0.29) is 18.2 Å². The second-order valence-electron chi connectivity index (χ2n) is 9.77. The quantitative estimate of drug-likeness (QED) is 0.436. The van der Waals surface area contributed by atoms with Gasteiger partial charge in [-0.3, -0.25) is 14.5 Å². The lowest BCUT2D eigenvalue weighted by molar-refractivity contribution is -0.124. The Hall–Kier alpha value is -3.08. The topological polar surface area (TPSA) is 68.4 Å². The fourth-order valence-electron chi connectivity index (χ4n) is 4.69. The van der Waals surface area contributed by atoms with Crippen molar-refractivity contribution in [2.24, 2.45) is 0 Å². The summed E-state index contributed by atoms with van der Waals surface area (Å²) >= 11 is 5.72. The van der Waals surface area contributed by atoms with E-state index in [1.807, 2.05) is 24.0 Å². The summed E-state index contributed by atoms with van der Waals surface area (Å²) in [6, 6.07) is 12.1. The van der Waals surface area contributed by atoms with Crippen LogP contribution in [0, 0.1) is 5.82 Å². The van der Waals surface area contributed by atoms with E-state index in [1.54, 1.807) is 12.1 Å². The predicted molar refractivity (Wildman–Crippen MR) is 151 cm³/mol. The number of halogens is 1. The Bertz CT molecular complexity index is 1110. The molecule has 38 heavy (non-hydrogen) atoms. The summed E-state index contributed by atoms with van der Waals surface area (Å²) < 4.78 is 19.1. The number of ether oxygens (including phenoxy) is 1. The second-order valence-corrected chi connectivity index (χ2v) is 10.1. The van der Waals surface area contributed by atoms with Crippen LogP contribution >= 0.6 is 12.2 Å². The van der Waals surface area contributed by atoms with Crippen molar-refractivity contribution in [1.29, 1.82) is 0 Å². The largest absolute Gasteiger partial charge is 0.494 e. The van der Waals surface area contributed by atoms with Crippen LogP contribution in [0.3, 0.4) is 0 Å². The minimum absolute atomic E-state index is 0.0424. The first-order valence-corrected chi connectivity index (χ1v) is 13.6. The molecule has 1 atom stereocenters. The highest BCUT2D eigenvalue weighted by molar-refractivity contribution is 7.80. The molecule has 0 unspecified atom stereocenters. The van der Waals surface area contributed by atoms with Crippen LogP contribution in [0.25, 0.3) is 0 Å². The van der Waals surface area contributed by atoms with E-state index in [0.717, 1.165) is 51.3 Å². The molecule has 2 heterocycles. The number of carbonyl (C=O) groups is 2. The summed E-state index contributed by atoms with van der Waals surface area (Å²) in [7, 11) is 2.12. The van der Waals surface area contributed by atoms with E-state index in [0.29, 0.717) is 29.6 Å². The Labute approximate surface area is 229 Å². The van der Waals surface area contributed by atoms with E-state index in [4.69, 9.17) is 17.0 Å². The van der Waals surface area contributed by atoms with Gasteiger partial charge in [0.15, 0.2) is 5.11 Å². The smallest absolute Gasteiger partial charge is 0.256 e. The van der Waals surface area contributed by atoms with E-state index >= 15 is 0 Å². The van der Waals surface area contributed by atoms with Crippen molar-refractivity contribution in [2.75, 3.05) is 63.1 Å². The molecule has 4 rings (SSSR count). The number of amides is 2. The van der Waals surface area contributed by atoms with Crippen molar-refractivity contribution >= 4 is 40.5 Å². The molecule has 2 aliphatic heterocycles. The molecule has 2 aliphatic rings. The number of thiocarbonyl (C=S) groups is 1. The lowest BCUT2D eigenvalue weighted by Crippen LogP contribution is -2.45. The zero-order valence-electron chi connectivity index (χ0n) is 22.1. The maximum atomic E-state index is 13.5. The zero-order chi connectivity index (χ0) is 27.1. The molecule has 8 nitrogen and oxygen atoms in total. The van der Waals surface area contributed by atoms with E-state index in [2.05, 4.69) is 22.2 Å². The summed E-state index contributed by atoms with van der Waals surface area (Å²) in [5.74, 6) is -0.210. The SMILES string of the molecule is CCCOc1ccc(NC(=O)C[C@H]2C(=O)N(c3ccc(F)cc3)C(=S)N2CCCN2CCN(C)CC2)cc1. The maximum Gasteiger partial charge on any atom is 0.256 e. The van der Waals surface area contributed by atoms with Gasteiger partial charge in [-0.25, -0.2) is 4.39 Å². The Balaban J connectivity index is 1.43. The summed E-state index contributed by atoms with van der Waals surface area (Å²) in [4.78, 5) is 34.5. The molecule has 2 saturated heterocycles. The monoisotopic (exact) mass is 541 g/mol. The van der Waals surface area contributed by atoms with Crippen LogP contribution in [0.5, 0.6) is 5.75 Å². The molecular formula is C28H36FN5O3S. The number of anilines is 2. The number of piperazine rings is 1. The lowest BCUT2D eigenvalue weighted by Gasteiger charge is -2.33. The summed E-state index contributed by atoms with van der Waals surface area (Å²) in [5, 5.41) is 3.23. The lowest BCUT2D eigenvalue weighted by atomic mass is 10.1. The summed E-state index contributed by atoms with van der Waals surface area (Å²) in [5.41, 5.74) is 1.12. The predicted octanol–water partition coefficient (Wildman–Crippen LogP) is 3.58. The molecule has 2 aromatic carbocycles. The van der Waals surface area contributed by atoms with Crippen LogP contribution in [-0.2, 0) is 9.59 Å². The Morgan fingerprint density at radius 3 is 2.39 bits per heavy atom. The third-order valence-electron chi connectivity index (χ3n) is 6.86. The van der Waals surface area contributed by atoms with Gasteiger partial charge in [0.1, 0.15) is 17.6 Å². The third-order valence-corrected chi connectivity index (χ3v) is 7.28. The highest BCUT2D eigenvalue weighted by atomic mass is 32.1. The van der Waals surface area contributed by atoms with Crippen molar-refractivity contribution in [3.05, 3.63) is 54.3 Å². The molecule has 0 saturated carbocycles. The Morgan fingerprint density at radius 2 is 1.74 bits per heavy atom. The number of hydrogen-bond acceptors (Lipinski definition) is 6. The molecule has 0 spiro atoms. The first-order valence-electron chi connectivity index (χ1n) is 13.2. The third kappa shape index (κ3) is 7.06. The van der Waals surface area contributed by atoms with Crippen LogP contribution in [0.2, 0.25) is 0 Å². The molecule has 1 N–H and O–H groups in total. The molecule has 10 heteroatoms. The van der Waals surface area contributed by atoms with Gasteiger partial charge in [0, 0.05) is 38.4 Å². The van der Waals surface area contributed by atoms with Crippen molar-refractivity contribution < 1.29 is 18.7 Å². The van der Waals surface area contributed by atoms with Crippen molar-refractivity contribution in [3.8, 4) is 5.75 Å². The zero-order valence-corrected chi connectivity index (χ0v) is 22.9. The van der Waals surface area contributed by atoms with Gasteiger partial charge in [-0.1, -0.05) is 6.92 Å². The fourth-order valence-corrected chi connectivity index (χ4v) is 5.11. The number of nitrogens with one attached hydrogen (secondary N) is 1. The molecule has 0 aromatic heterocycles. The molecule has 0 bridgehead atoms. The Morgan fingerprint density at radius 1 is 1.05 bits per heavy atom. The Kier molecular flexibility index (Phi) is 9.65. The highest BCUT2D eigenvalue weighted by Gasteiger charge is 2.43. The molecule has 2 fully saturated rings. The maximum absolute atomic E-state index is 13.5. The average Bonchev–Trinajstić information content (AvgIpc) is 3.14. The van der Waals surface area contributed by atoms with Crippen LogP contribution in [0.1, 0.15) is 26.2 Å². The van der Waals surface area contributed by atoms with Crippen LogP contribution in [-0.4, -0.2) is 90.6 Å². The second kappa shape index (κ2) is 13.1. The number of carbonyl (C=O) groups excluding carboxylic acids is 2. The fraction of sp³-hybridized carbons (Fsp3) is 0.464. The summed E-state index contributed by atoms with van der Waals surface area (Å²) in [6.07, 6.45) is 1.68. The average molecular weight is 542 g/mol. The molecule has 2 amide bonds. The standard InChI is InChI=1S/C28H36FN5O3S/c1-3-19-37-24-11-7-22(8-12-24)30-26(35)20-25-27(36)34(23-9-5-21(29)6-10-23)28(38)33(25)14-4-13-32-17-15-31(2)16-18-32/h5-12,25H,3-4,13-20H2,1-2H3,(H,30,35)/t25-/m0/s1. The molecule has 0 aliphatic carbocycles. The van der Waals surface area contributed by atoms with Gasteiger partial charge >= 0.3 is 0 Å². The number of nitrogens with zero attached hydrogens (tertiary/aromatic N) is 4. The van der Waals surface area contributed by atoms with Gasteiger partial charge in [0.2, 0.25) is 5.91 Å². The van der Waals surface area contributed by atoms with Crippen molar-refractivity contribution in [1.82, 2.24) is 14.7 Å². The van der Waals surface area contributed by atoms with Crippen LogP contribution < -0.4 is 15.0 Å². The van der Waals surface area contributed by atoms with Crippen LogP contribution in [0.4, 0.5) is 15.8 Å². The van der Waals surface area contributed by atoms with E-state index < -0.39 is 11.9 Å². The minimum atomic E-state index is -0.729. The van der Waals surface area contributed by atoms with Crippen molar-refractivity contribution in [3.63, 3.8) is 0 Å². The molecule has 2 aromatic rings. The number of likely N-dealkylation sites (N-methyl/N-ethyl adjacent to an activating group) is 1. The van der Waals surface area contributed by atoms with Gasteiger partial charge in [-0.15, -0.1) is 0 Å². The first kappa shape index (κ1) is 27.9. The number of rotatable bonds is 11. The summed E-state index contributed by atoms with van der Waals surface area (Å²) in [6.45, 7) is 8.20. The van der Waals surface area contributed by atoms with Gasteiger partial charge in [0.05, 0.1) is 18.7 Å². The number of hydrogen-bond donors (Lipinski definition) is 1.